The number of hydrogen-bond donors (Lipinski definition) is 3. The van der Waals surface area contributed by atoms with Crippen molar-refractivity contribution in [1.29, 1.82) is 0 Å². The van der Waals surface area contributed by atoms with Gasteiger partial charge in [-0.05, 0) is 13.3 Å². The van der Waals surface area contributed by atoms with Crippen molar-refractivity contribution >= 4 is 5.91 Å². The molecule has 0 radical (unpaired) electrons. The third kappa shape index (κ3) is 4.04. The monoisotopic (exact) mass is 204 g/mol. The topological polar surface area (TPSA) is 84.6 Å². The van der Waals surface area contributed by atoms with E-state index < -0.39 is 5.54 Å². The first-order chi connectivity index (χ1) is 6.47. The van der Waals surface area contributed by atoms with Crippen molar-refractivity contribution in [3.63, 3.8) is 0 Å². The molecule has 0 aliphatic rings. The summed E-state index contributed by atoms with van der Waals surface area (Å²) in [5.74, 6) is -0.267. The van der Waals surface area contributed by atoms with Crippen LogP contribution in [0.4, 0.5) is 0 Å². The van der Waals surface area contributed by atoms with E-state index in [4.69, 9.17) is 15.6 Å². The van der Waals surface area contributed by atoms with Gasteiger partial charge < -0.3 is 20.9 Å². The Morgan fingerprint density at radius 3 is 2.64 bits per heavy atom. The van der Waals surface area contributed by atoms with E-state index in [9.17, 15) is 4.79 Å². The van der Waals surface area contributed by atoms with Crippen LogP contribution in [0.25, 0.3) is 0 Å². The second kappa shape index (κ2) is 5.95. The van der Waals surface area contributed by atoms with Gasteiger partial charge >= 0.3 is 0 Å². The van der Waals surface area contributed by atoms with E-state index in [2.05, 4.69) is 5.32 Å². The van der Waals surface area contributed by atoms with E-state index in [0.717, 1.165) is 0 Å². The van der Waals surface area contributed by atoms with Crippen LogP contribution in [0.5, 0.6) is 0 Å². The molecule has 0 aromatic carbocycles. The molecule has 1 amide bonds. The highest BCUT2D eigenvalue weighted by Crippen LogP contribution is 2.04. The zero-order valence-electron chi connectivity index (χ0n) is 9.04. The molecule has 2 atom stereocenters. The highest BCUT2D eigenvalue weighted by molar-refractivity contribution is 5.85. The molecule has 0 aliphatic heterocycles. The summed E-state index contributed by atoms with van der Waals surface area (Å²) in [5.41, 5.74) is 4.84. The summed E-state index contributed by atoms with van der Waals surface area (Å²) in [7, 11) is 1.51. The average Bonchev–Trinajstić information content (AvgIpc) is 2.16. The first-order valence-electron chi connectivity index (χ1n) is 4.67. The van der Waals surface area contributed by atoms with Crippen LogP contribution in [0.15, 0.2) is 0 Å². The first kappa shape index (κ1) is 13.4. The Bertz CT molecular complexity index is 183. The Hall–Kier alpha value is -0.650. The van der Waals surface area contributed by atoms with E-state index in [1.165, 1.54) is 7.11 Å². The molecule has 2 unspecified atom stereocenters. The minimum Gasteiger partial charge on any atom is -0.394 e. The van der Waals surface area contributed by atoms with Crippen molar-refractivity contribution in [3.8, 4) is 0 Å². The molecular weight excluding hydrogens is 184 g/mol. The maximum absolute atomic E-state index is 11.5. The number of carbonyl (C=O) groups excluding carboxylic acids is 1. The van der Waals surface area contributed by atoms with E-state index in [1.54, 1.807) is 6.92 Å². The normalized spacial score (nSPS) is 17.2. The molecule has 0 heterocycles. The highest BCUT2D eigenvalue weighted by atomic mass is 16.5. The Morgan fingerprint density at radius 1 is 1.71 bits per heavy atom. The Balaban J connectivity index is 4.15. The van der Waals surface area contributed by atoms with Gasteiger partial charge in [-0.2, -0.15) is 0 Å². The number of hydrogen-bond acceptors (Lipinski definition) is 4. The van der Waals surface area contributed by atoms with Crippen molar-refractivity contribution in [1.82, 2.24) is 5.32 Å². The third-order valence-corrected chi connectivity index (χ3v) is 2.18. The van der Waals surface area contributed by atoms with Gasteiger partial charge in [0, 0.05) is 7.11 Å². The molecule has 5 heteroatoms. The number of nitrogens with two attached hydrogens (primary N) is 1. The summed E-state index contributed by atoms with van der Waals surface area (Å²) < 4.78 is 4.83. The molecular formula is C9H20N2O3. The smallest absolute Gasteiger partial charge is 0.240 e. The van der Waals surface area contributed by atoms with Crippen LogP contribution in [0.3, 0.4) is 0 Å². The number of amides is 1. The molecule has 84 valence electrons. The number of nitrogens with one attached hydrogen (secondary N) is 1. The largest absolute Gasteiger partial charge is 0.394 e. The fourth-order valence-corrected chi connectivity index (χ4v) is 0.852. The number of carbonyl (C=O) groups is 1. The van der Waals surface area contributed by atoms with Crippen LogP contribution in [0, 0.1) is 0 Å². The second-order valence-electron chi connectivity index (χ2n) is 3.58. The van der Waals surface area contributed by atoms with Crippen molar-refractivity contribution in [2.45, 2.75) is 31.8 Å². The van der Waals surface area contributed by atoms with Gasteiger partial charge in [0.1, 0.15) is 0 Å². The second-order valence-corrected chi connectivity index (χ2v) is 3.58. The molecule has 0 aromatic rings. The maximum atomic E-state index is 11.5. The molecule has 0 saturated heterocycles. The van der Waals surface area contributed by atoms with Crippen molar-refractivity contribution in [2.75, 3.05) is 20.3 Å². The SMILES string of the molecule is CCC(C)(N)C(=O)NC(CO)COC. The van der Waals surface area contributed by atoms with Gasteiger partial charge in [0.15, 0.2) is 0 Å². The number of rotatable bonds is 6. The molecule has 14 heavy (non-hydrogen) atoms. The molecule has 0 bridgehead atoms. The Labute approximate surface area is 84.6 Å². The standard InChI is InChI=1S/C9H20N2O3/c1-4-9(2,10)8(13)11-7(5-12)6-14-3/h7,12H,4-6,10H2,1-3H3,(H,11,13). The zero-order chi connectivity index (χ0) is 11.2. The summed E-state index contributed by atoms with van der Waals surface area (Å²) in [6.45, 7) is 3.62. The van der Waals surface area contributed by atoms with Crippen LogP contribution < -0.4 is 11.1 Å². The summed E-state index contributed by atoms with van der Waals surface area (Å²) in [6.07, 6.45) is 0.546. The lowest BCUT2D eigenvalue weighted by atomic mass is 9.99. The first-order valence-corrected chi connectivity index (χ1v) is 4.67. The fourth-order valence-electron chi connectivity index (χ4n) is 0.852. The summed E-state index contributed by atoms with van der Waals surface area (Å²) in [4.78, 5) is 11.5. The van der Waals surface area contributed by atoms with Crippen LogP contribution in [-0.4, -0.2) is 42.9 Å². The predicted molar refractivity (Wildman–Crippen MR) is 53.8 cm³/mol. The van der Waals surface area contributed by atoms with E-state index in [1.807, 2.05) is 6.92 Å². The van der Waals surface area contributed by atoms with Crippen LogP contribution in [-0.2, 0) is 9.53 Å². The predicted octanol–water partition coefficient (Wildman–Crippen LogP) is -0.763. The van der Waals surface area contributed by atoms with Crippen LogP contribution in [0.2, 0.25) is 0 Å². The molecule has 0 aliphatic carbocycles. The van der Waals surface area contributed by atoms with Gasteiger partial charge in [-0.25, -0.2) is 0 Å². The number of aliphatic hydroxyl groups excluding tert-OH is 1. The molecule has 0 fully saturated rings. The quantitative estimate of drug-likeness (QED) is 0.531. The molecule has 0 aromatic heterocycles. The number of ether oxygens (including phenoxy) is 1. The third-order valence-electron chi connectivity index (χ3n) is 2.18. The van der Waals surface area contributed by atoms with Crippen LogP contribution in [0.1, 0.15) is 20.3 Å². The molecule has 0 spiro atoms. The average molecular weight is 204 g/mol. The van der Waals surface area contributed by atoms with Gasteiger partial charge in [0.2, 0.25) is 5.91 Å². The molecule has 0 rings (SSSR count). The van der Waals surface area contributed by atoms with E-state index >= 15 is 0 Å². The van der Waals surface area contributed by atoms with Gasteiger partial charge in [-0.3, -0.25) is 4.79 Å². The summed E-state index contributed by atoms with van der Waals surface area (Å²) in [6, 6.07) is -0.387. The maximum Gasteiger partial charge on any atom is 0.240 e. The molecule has 0 saturated carbocycles. The molecule has 5 nitrogen and oxygen atoms in total. The van der Waals surface area contributed by atoms with Crippen molar-refractivity contribution < 1.29 is 14.6 Å². The van der Waals surface area contributed by atoms with E-state index in [0.29, 0.717) is 6.42 Å². The lowest BCUT2D eigenvalue weighted by molar-refractivity contribution is -0.127. The van der Waals surface area contributed by atoms with E-state index in [-0.39, 0.29) is 25.2 Å². The van der Waals surface area contributed by atoms with Gasteiger partial charge in [-0.15, -0.1) is 0 Å². The lowest BCUT2D eigenvalue weighted by Gasteiger charge is -2.24. The van der Waals surface area contributed by atoms with Crippen molar-refractivity contribution in [2.24, 2.45) is 5.73 Å². The van der Waals surface area contributed by atoms with Crippen LogP contribution >= 0.6 is 0 Å². The lowest BCUT2D eigenvalue weighted by Crippen LogP contribution is -2.55. The van der Waals surface area contributed by atoms with Gasteiger partial charge in [0.25, 0.3) is 0 Å². The number of aliphatic hydroxyl groups is 1. The number of methoxy groups -OCH3 is 1. The highest BCUT2D eigenvalue weighted by Gasteiger charge is 2.27. The minimum atomic E-state index is -0.888. The van der Waals surface area contributed by atoms with Crippen molar-refractivity contribution in [3.05, 3.63) is 0 Å². The summed E-state index contributed by atoms with van der Waals surface area (Å²) in [5, 5.41) is 11.5. The Morgan fingerprint density at radius 2 is 2.29 bits per heavy atom. The fraction of sp³-hybridized carbons (Fsp3) is 0.889. The Kier molecular flexibility index (Phi) is 5.68. The summed E-state index contributed by atoms with van der Waals surface area (Å²) >= 11 is 0. The van der Waals surface area contributed by atoms with Gasteiger partial charge in [-0.1, -0.05) is 6.92 Å². The molecule has 4 N–H and O–H groups in total. The zero-order valence-corrected chi connectivity index (χ0v) is 9.04. The minimum absolute atomic E-state index is 0.153. The van der Waals surface area contributed by atoms with Gasteiger partial charge in [0.05, 0.1) is 24.8 Å².